The number of urea groups is 1. The van der Waals surface area contributed by atoms with Crippen LogP contribution in [0, 0.1) is 0 Å². The van der Waals surface area contributed by atoms with Crippen molar-refractivity contribution in [1.29, 1.82) is 0 Å². The largest absolute Gasteiger partial charge is 0.480 e. The fourth-order valence-corrected chi connectivity index (χ4v) is 4.54. The Labute approximate surface area is 223 Å². The molecule has 3 aromatic carbocycles. The Bertz CT molecular complexity index is 1270. The van der Waals surface area contributed by atoms with Gasteiger partial charge < -0.3 is 20.1 Å². The van der Waals surface area contributed by atoms with Crippen molar-refractivity contribution in [3.05, 3.63) is 106 Å². The van der Waals surface area contributed by atoms with E-state index >= 15 is 0 Å². The molecule has 1 heterocycles. The van der Waals surface area contributed by atoms with Crippen molar-refractivity contribution < 1.29 is 32.6 Å². The number of carbonyl (C=O) groups is 2. The minimum absolute atomic E-state index is 0.0483. The number of hydrogen-bond acceptors (Lipinski definition) is 3. The van der Waals surface area contributed by atoms with Crippen LogP contribution < -0.4 is 5.32 Å². The highest BCUT2D eigenvalue weighted by Crippen LogP contribution is 2.39. The molecule has 1 aliphatic rings. The Morgan fingerprint density at radius 1 is 0.974 bits per heavy atom. The van der Waals surface area contributed by atoms with Gasteiger partial charge in [-0.2, -0.15) is 13.2 Å². The van der Waals surface area contributed by atoms with Gasteiger partial charge in [-0.3, -0.25) is 0 Å². The van der Waals surface area contributed by atoms with Gasteiger partial charge in [0.25, 0.3) is 0 Å². The van der Waals surface area contributed by atoms with Crippen LogP contribution in [0.1, 0.15) is 41.2 Å². The lowest BCUT2D eigenvalue weighted by Crippen LogP contribution is -2.60. The molecule has 4 rings (SSSR count). The van der Waals surface area contributed by atoms with Crippen molar-refractivity contribution in [3.63, 3.8) is 0 Å². The first kappa shape index (κ1) is 27.5. The minimum Gasteiger partial charge on any atom is -0.480 e. The Hall–Kier alpha value is -3.56. The van der Waals surface area contributed by atoms with Gasteiger partial charge >= 0.3 is 18.2 Å². The third-order valence-corrected chi connectivity index (χ3v) is 6.81. The van der Waals surface area contributed by atoms with Crippen LogP contribution in [0.15, 0.2) is 78.9 Å². The summed E-state index contributed by atoms with van der Waals surface area (Å²) in [7, 11) is 0. The second kappa shape index (κ2) is 11.4. The molecule has 1 aliphatic heterocycles. The molecule has 0 radical (unpaired) electrons. The van der Waals surface area contributed by atoms with E-state index in [1.54, 1.807) is 55.5 Å². The lowest BCUT2D eigenvalue weighted by Gasteiger charge is -2.41. The summed E-state index contributed by atoms with van der Waals surface area (Å²) in [6.45, 7) is 1.90. The van der Waals surface area contributed by atoms with Gasteiger partial charge in [-0.15, -0.1) is 0 Å². The minimum atomic E-state index is -4.59. The SMILES string of the molecule is CC(c1ccccc1)C(NC(=O)N1CC(OC(c2ccc(Cl)cc2)c2ccccc2C(F)(F)F)C1)C(=O)O. The van der Waals surface area contributed by atoms with Crippen molar-refractivity contribution in [3.8, 4) is 0 Å². The fourth-order valence-electron chi connectivity index (χ4n) is 4.41. The number of likely N-dealkylation sites (tertiary alicyclic amines) is 1. The monoisotopic (exact) mass is 546 g/mol. The number of carboxylic acids is 1. The molecule has 0 bridgehead atoms. The summed E-state index contributed by atoms with van der Waals surface area (Å²) in [6, 6.07) is 18.8. The Kier molecular flexibility index (Phi) is 8.28. The number of carboxylic acid groups (broad SMARTS) is 1. The molecule has 2 amide bonds. The predicted octanol–water partition coefficient (Wildman–Crippen LogP) is 6.12. The number of rotatable bonds is 8. The second-order valence-corrected chi connectivity index (χ2v) is 9.58. The van der Waals surface area contributed by atoms with Crippen molar-refractivity contribution in [2.24, 2.45) is 0 Å². The first-order valence-corrected chi connectivity index (χ1v) is 12.3. The normalized spacial score (nSPS) is 16.3. The van der Waals surface area contributed by atoms with Gasteiger partial charge in [-0.1, -0.05) is 79.2 Å². The zero-order valence-corrected chi connectivity index (χ0v) is 21.1. The number of aliphatic carboxylic acids is 1. The highest BCUT2D eigenvalue weighted by Gasteiger charge is 2.40. The predicted molar refractivity (Wildman–Crippen MR) is 136 cm³/mol. The van der Waals surface area contributed by atoms with Gasteiger partial charge in [0.2, 0.25) is 0 Å². The molecular formula is C28H26ClF3N2O4. The molecule has 1 fully saturated rings. The molecule has 6 nitrogen and oxygen atoms in total. The number of nitrogens with one attached hydrogen (secondary N) is 1. The Morgan fingerprint density at radius 3 is 2.18 bits per heavy atom. The summed E-state index contributed by atoms with van der Waals surface area (Å²) < 4.78 is 47.4. The molecule has 10 heteroatoms. The number of benzene rings is 3. The fraction of sp³-hybridized carbons (Fsp3) is 0.286. The molecule has 0 saturated carbocycles. The summed E-state index contributed by atoms with van der Waals surface area (Å²) in [6.07, 6.45) is -6.19. The molecule has 38 heavy (non-hydrogen) atoms. The number of ether oxygens (including phenoxy) is 1. The van der Waals surface area contributed by atoms with E-state index in [1.807, 2.05) is 6.07 Å². The number of halogens is 4. The van der Waals surface area contributed by atoms with Gasteiger partial charge in [-0.25, -0.2) is 9.59 Å². The smallest absolute Gasteiger partial charge is 0.416 e. The molecule has 3 atom stereocenters. The first-order chi connectivity index (χ1) is 18.0. The van der Waals surface area contributed by atoms with E-state index in [0.717, 1.165) is 11.6 Å². The number of nitrogens with zero attached hydrogens (tertiary/aromatic N) is 1. The third kappa shape index (κ3) is 6.28. The molecule has 0 spiro atoms. The van der Waals surface area contributed by atoms with Gasteiger partial charge in [0.15, 0.2) is 0 Å². The van der Waals surface area contributed by atoms with Crippen LogP contribution >= 0.6 is 11.6 Å². The zero-order chi connectivity index (χ0) is 27.4. The van der Waals surface area contributed by atoms with Crippen molar-refractivity contribution >= 4 is 23.6 Å². The zero-order valence-electron chi connectivity index (χ0n) is 20.4. The van der Waals surface area contributed by atoms with E-state index < -0.39 is 47.9 Å². The van der Waals surface area contributed by atoms with Gasteiger partial charge in [-0.05, 0) is 34.9 Å². The average Bonchev–Trinajstić information content (AvgIpc) is 2.87. The molecule has 0 aliphatic carbocycles. The van der Waals surface area contributed by atoms with E-state index in [-0.39, 0.29) is 18.7 Å². The van der Waals surface area contributed by atoms with Crippen LogP contribution in [0.3, 0.4) is 0 Å². The second-order valence-electron chi connectivity index (χ2n) is 9.14. The maximum Gasteiger partial charge on any atom is 0.416 e. The summed E-state index contributed by atoms with van der Waals surface area (Å²) >= 11 is 5.98. The topological polar surface area (TPSA) is 78.9 Å². The maximum atomic E-state index is 13.8. The number of amides is 2. The van der Waals surface area contributed by atoms with Crippen LogP contribution in [0.5, 0.6) is 0 Å². The molecule has 3 unspecified atom stereocenters. The molecule has 1 saturated heterocycles. The Morgan fingerprint density at radius 2 is 1.58 bits per heavy atom. The lowest BCUT2D eigenvalue weighted by atomic mass is 9.93. The van der Waals surface area contributed by atoms with Crippen LogP contribution in [-0.4, -0.2) is 47.2 Å². The quantitative estimate of drug-likeness (QED) is 0.357. The number of carbonyl (C=O) groups excluding carboxylic acids is 1. The molecule has 200 valence electrons. The molecular weight excluding hydrogens is 521 g/mol. The van der Waals surface area contributed by atoms with E-state index in [2.05, 4.69) is 5.32 Å². The van der Waals surface area contributed by atoms with E-state index in [1.165, 1.54) is 23.1 Å². The van der Waals surface area contributed by atoms with Crippen molar-refractivity contribution in [1.82, 2.24) is 10.2 Å². The standard InChI is InChI=1S/C28H26ClF3N2O4/c1-17(18-7-3-2-4-8-18)24(26(35)36)33-27(37)34-15-21(16-34)38-25(19-11-13-20(29)14-12-19)22-9-5-6-10-23(22)28(30,31)32/h2-14,17,21,24-25H,15-16H2,1H3,(H,33,37)(H,35,36). The van der Waals surface area contributed by atoms with Crippen LogP contribution in [0.25, 0.3) is 0 Å². The first-order valence-electron chi connectivity index (χ1n) is 11.9. The Balaban J connectivity index is 1.47. The number of alkyl halides is 3. The summed E-state index contributed by atoms with van der Waals surface area (Å²) in [5.41, 5.74) is 0.386. The van der Waals surface area contributed by atoms with E-state index in [4.69, 9.17) is 16.3 Å². The molecule has 3 aromatic rings. The van der Waals surface area contributed by atoms with Gasteiger partial charge in [0.05, 0.1) is 24.8 Å². The lowest BCUT2D eigenvalue weighted by molar-refractivity contribution is -0.141. The van der Waals surface area contributed by atoms with Gasteiger partial charge in [0, 0.05) is 10.9 Å². The van der Waals surface area contributed by atoms with Gasteiger partial charge in [0.1, 0.15) is 12.1 Å². The molecule has 2 N–H and O–H groups in total. The van der Waals surface area contributed by atoms with Crippen molar-refractivity contribution in [2.75, 3.05) is 13.1 Å². The highest BCUT2D eigenvalue weighted by molar-refractivity contribution is 6.30. The van der Waals surface area contributed by atoms with Crippen LogP contribution in [0.2, 0.25) is 5.02 Å². The summed E-state index contributed by atoms with van der Waals surface area (Å²) in [5, 5.41) is 12.7. The maximum absolute atomic E-state index is 13.8. The summed E-state index contributed by atoms with van der Waals surface area (Å²) in [4.78, 5) is 26.1. The third-order valence-electron chi connectivity index (χ3n) is 6.56. The summed E-state index contributed by atoms with van der Waals surface area (Å²) in [5.74, 6) is -1.66. The number of hydrogen-bond donors (Lipinski definition) is 2. The average molecular weight is 547 g/mol. The van der Waals surface area contributed by atoms with Crippen molar-refractivity contribution in [2.45, 2.75) is 37.3 Å². The van der Waals surface area contributed by atoms with E-state index in [0.29, 0.717) is 10.6 Å². The van der Waals surface area contributed by atoms with Crippen LogP contribution in [-0.2, 0) is 15.7 Å². The highest BCUT2D eigenvalue weighted by atomic mass is 35.5. The van der Waals surface area contributed by atoms with Crippen LogP contribution in [0.4, 0.5) is 18.0 Å². The molecule has 0 aromatic heterocycles. The van der Waals surface area contributed by atoms with E-state index in [9.17, 15) is 27.9 Å².